The van der Waals surface area contributed by atoms with Crippen LogP contribution < -0.4 is 19.5 Å². The van der Waals surface area contributed by atoms with Gasteiger partial charge in [-0.1, -0.05) is 6.07 Å². The van der Waals surface area contributed by atoms with Gasteiger partial charge in [-0.15, -0.1) is 0 Å². The molecule has 0 aromatic heterocycles. The monoisotopic (exact) mass is 422 g/mol. The van der Waals surface area contributed by atoms with Gasteiger partial charge in [-0.25, -0.2) is 12.7 Å². The number of hydrogen-bond donors (Lipinski definition) is 1. The number of sulfonamides is 1. The summed E-state index contributed by atoms with van der Waals surface area (Å²) in [5, 5.41) is 2.73. The number of ether oxygens (including phenoxy) is 3. The topological polar surface area (TPSA) is 94.2 Å². The number of carbonyl (C=O) groups is 1. The van der Waals surface area contributed by atoms with Crippen LogP contribution in [-0.4, -0.2) is 59.1 Å². The Hall–Kier alpha value is -2.78. The van der Waals surface area contributed by atoms with Gasteiger partial charge in [0.05, 0.1) is 18.6 Å². The van der Waals surface area contributed by atoms with Crippen LogP contribution in [0.1, 0.15) is 6.92 Å². The van der Waals surface area contributed by atoms with Crippen molar-refractivity contribution in [2.24, 2.45) is 0 Å². The van der Waals surface area contributed by atoms with E-state index in [4.69, 9.17) is 14.2 Å². The zero-order chi connectivity index (χ0) is 21.4. The second-order valence-corrected chi connectivity index (χ2v) is 8.49. The second kappa shape index (κ2) is 10.1. The average Bonchev–Trinajstić information content (AvgIpc) is 2.71. The van der Waals surface area contributed by atoms with E-state index in [2.05, 4.69) is 5.32 Å². The molecule has 0 saturated carbocycles. The molecular formula is C20H26N2O6S. The van der Waals surface area contributed by atoms with Crippen LogP contribution in [0.5, 0.6) is 17.2 Å². The minimum absolute atomic E-state index is 0.187. The Morgan fingerprint density at radius 3 is 2.34 bits per heavy atom. The van der Waals surface area contributed by atoms with Crippen LogP contribution in [0.2, 0.25) is 0 Å². The van der Waals surface area contributed by atoms with Crippen molar-refractivity contribution in [2.75, 3.05) is 34.4 Å². The molecule has 29 heavy (non-hydrogen) atoms. The van der Waals surface area contributed by atoms with Crippen molar-refractivity contribution in [1.82, 2.24) is 9.62 Å². The molecule has 1 atom stereocenters. The lowest BCUT2D eigenvalue weighted by Gasteiger charge is -2.15. The smallest absolute Gasteiger partial charge is 0.260 e. The van der Waals surface area contributed by atoms with E-state index in [9.17, 15) is 13.2 Å². The molecule has 0 fully saturated rings. The molecule has 8 nitrogen and oxygen atoms in total. The Balaban J connectivity index is 1.77. The fraction of sp³-hybridized carbons (Fsp3) is 0.350. The van der Waals surface area contributed by atoms with Crippen LogP contribution in [-0.2, 0) is 14.8 Å². The fourth-order valence-corrected chi connectivity index (χ4v) is 3.24. The van der Waals surface area contributed by atoms with E-state index in [1.54, 1.807) is 50.4 Å². The van der Waals surface area contributed by atoms with Crippen LogP contribution in [0.25, 0.3) is 0 Å². The summed E-state index contributed by atoms with van der Waals surface area (Å²) in [6.45, 7) is 2.17. The van der Waals surface area contributed by atoms with E-state index < -0.39 is 16.1 Å². The molecule has 0 radical (unpaired) electrons. The maximum atomic E-state index is 12.1. The van der Waals surface area contributed by atoms with E-state index in [0.29, 0.717) is 17.2 Å². The Bertz CT molecular complexity index is 913. The van der Waals surface area contributed by atoms with Gasteiger partial charge in [0.2, 0.25) is 10.0 Å². The van der Waals surface area contributed by atoms with E-state index in [-0.39, 0.29) is 24.0 Å². The summed E-state index contributed by atoms with van der Waals surface area (Å²) in [4.78, 5) is 12.3. The first kappa shape index (κ1) is 22.5. The average molecular weight is 423 g/mol. The zero-order valence-electron chi connectivity index (χ0n) is 16.9. The van der Waals surface area contributed by atoms with E-state index in [1.165, 1.54) is 26.2 Å². The number of benzene rings is 2. The minimum Gasteiger partial charge on any atom is -0.497 e. The van der Waals surface area contributed by atoms with Crippen LogP contribution in [0.15, 0.2) is 53.4 Å². The van der Waals surface area contributed by atoms with Crippen molar-refractivity contribution in [1.29, 1.82) is 0 Å². The first-order valence-corrected chi connectivity index (χ1v) is 10.4. The lowest BCUT2D eigenvalue weighted by atomic mass is 10.3. The number of methoxy groups -OCH3 is 1. The summed E-state index contributed by atoms with van der Waals surface area (Å²) in [5.74, 6) is 1.42. The molecular weight excluding hydrogens is 396 g/mol. The third-order valence-electron chi connectivity index (χ3n) is 4.00. The molecule has 0 spiro atoms. The Kier molecular flexibility index (Phi) is 7.86. The largest absolute Gasteiger partial charge is 0.497 e. The summed E-state index contributed by atoms with van der Waals surface area (Å²) < 4.78 is 41.5. The summed E-state index contributed by atoms with van der Waals surface area (Å²) in [7, 11) is 1.04. The van der Waals surface area contributed by atoms with Crippen LogP contribution in [0, 0.1) is 0 Å². The molecule has 0 aliphatic heterocycles. The van der Waals surface area contributed by atoms with Gasteiger partial charge < -0.3 is 19.5 Å². The van der Waals surface area contributed by atoms with Crippen molar-refractivity contribution in [3.05, 3.63) is 48.5 Å². The molecule has 0 heterocycles. The fourth-order valence-electron chi connectivity index (χ4n) is 2.34. The number of hydrogen-bond acceptors (Lipinski definition) is 6. The number of rotatable bonds is 10. The van der Waals surface area contributed by atoms with Crippen LogP contribution in [0.3, 0.4) is 0 Å². The highest BCUT2D eigenvalue weighted by atomic mass is 32.2. The maximum Gasteiger partial charge on any atom is 0.260 e. The molecule has 9 heteroatoms. The van der Waals surface area contributed by atoms with Gasteiger partial charge in [0, 0.05) is 20.2 Å². The second-order valence-electron chi connectivity index (χ2n) is 6.34. The lowest BCUT2D eigenvalue weighted by molar-refractivity contribution is -0.127. The predicted molar refractivity (Wildman–Crippen MR) is 109 cm³/mol. The molecule has 2 aromatic carbocycles. The summed E-state index contributed by atoms with van der Waals surface area (Å²) >= 11 is 0. The standard InChI is InChI=1S/C20H26N2O6S/c1-15(28-18-7-5-6-17(14-18)26-4)20(23)21-12-13-27-16-8-10-19(11-9-16)29(24,25)22(2)3/h5-11,14-15H,12-13H2,1-4H3,(H,21,23)/t15-/m1/s1. The van der Waals surface area contributed by atoms with Gasteiger partial charge in [0.25, 0.3) is 5.91 Å². The first-order valence-electron chi connectivity index (χ1n) is 8.98. The van der Waals surface area contributed by atoms with Crippen molar-refractivity contribution in [3.8, 4) is 17.2 Å². The normalized spacial score (nSPS) is 12.3. The number of amides is 1. The maximum absolute atomic E-state index is 12.1. The number of nitrogens with zero attached hydrogens (tertiary/aromatic N) is 1. The molecule has 158 valence electrons. The highest BCUT2D eigenvalue weighted by molar-refractivity contribution is 7.89. The SMILES string of the molecule is COc1cccc(O[C@H](C)C(=O)NCCOc2ccc(S(=O)(=O)N(C)C)cc2)c1. The van der Waals surface area contributed by atoms with Crippen LogP contribution >= 0.6 is 0 Å². The predicted octanol–water partition coefficient (Wildman–Crippen LogP) is 1.91. The van der Waals surface area contributed by atoms with Gasteiger partial charge in [-0.2, -0.15) is 0 Å². The summed E-state index contributed by atoms with van der Waals surface area (Å²) in [5.41, 5.74) is 0. The molecule has 2 rings (SSSR count). The third kappa shape index (κ3) is 6.37. The molecule has 1 N–H and O–H groups in total. The van der Waals surface area contributed by atoms with Crippen molar-refractivity contribution in [2.45, 2.75) is 17.9 Å². The van der Waals surface area contributed by atoms with Crippen molar-refractivity contribution in [3.63, 3.8) is 0 Å². The van der Waals surface area contributed by atoms with E-state index in [1.807, 2.05) is 0 Å². The zero-order valence-corrected chi connectivity index (χ0v) is 17.7. The van der Waals surface area contributed by atoms with Gasteiger partial charge in [-0.05, 0) is 43.3 Å². The Morgan fingerprint density at radius 2 is 1.72 bits per heavy atom. The van der Waals surface area contributed by atoms with Gasteiger partial charge in [0.1, 0.15) is 23.9 Å². The highest BCUT2D eigenvalue weighted by Gasteiger charge is 2.17. The van der Waals surface area contributed by atoms with E-state index in [0.717, 1.165) is 4.31 Å². The van der Waals surface area contributed by atoms with E-state index >= 15 is 0 Å². The Labute approximate surface area is 171 Å². The van der Waals surface area contributed by atoms with Gasteiger partial charge in [0.15, 0.2) is 6.10 Å². The molecule has 0 saturated heterocycles. The van der Waals surface area contributed by atoms with Crippen LogP contribution in [0.4, 0.5) is 0 Å². The third-order valence-corrected chi connectivity index (χ3v) is 5.82. The number of nitrogens with one attached hydrogen (secondary N) is 1. The highest BCUT2D eigenvalue weighted by Crippen LogP contribution is 2.20. The molecule has 2 aromatic rings. The first-order chi connectivity index (χ1) is 13.7. The minimum atomic E-state index is -3.47. The van der Waals surface area contributed by atoms with Gasteiger partial charge in [-0.3, -0.25) is 4.79 Å². The number of carbonyl (C=O) groups excluding carboxylic acids is 1. The molecule has 0 aliphatic carbocycles. The summed E-state index contributed by atoms with van der Waals surface area (Å²) in [6, 6.07) is 13.1. The molecule has 0 bridgehead atoms. The molecule has 0 aliphatic rings. The van der Waals surface area contributed by atoms with Crippen molar-refractivity contribution < 1.29 is 27.4 Å². The lowest BCUT2D eigenvalue weighted by Crippen LogP contribution is -2.38. The summed E-state index contributed by atoms with van der Waals surface area (Å²) in [6.07, 6.45) is -0.683. The molecule has 1 amide bonds. The van der Waals surface area contributed by atoms with Crippen molar-refractivity contribution >= 4 is 15.9 Å². The Morgan fingerprint density at radius 1 is 1.07 bits per heavy atom. The quantitative estimate of drug-likeness (QED) is 0.588. The molecule has 0 unspecified atom stereocenters. The van der Waals surface area contributed by atoms with Gasteiger partial charge >= 0.3 is 0 Å².